The molecular formula is C13H12FN3O2S. The van der Waals surface area contributed by atoms with Gasteiger partial charge in [0, 0.05) is 11.6 Å². The van der Waals surface area contributed by atoms with Crippen LogP contribution >= 0.6 is 11.3 Å². The minimum absolute atomic E-state index is 0.183. The molecule has 1 amide bonds. The summed E-state index contributed by atoms with van der Waals surface area (Å²) in [6, 6.07) is 1.95. The largest absolute Gasteiger partial charge is 0.444 e. The van der Waals surface area contributed by atoms with E-state index in [2.05, 4.69) is 10.3 Å². The predicted molar refractivity (Wildman–Crippen MR) is 74.1 cm³/mol. The fourth-order valence-corrected chi connectivity index (χ4v) is 2.59. The highest BCUT2D eigenvalue weighted by atomic mass is 32.1. The third-order valence-electron chi connectivity index (χ3n) is 2.28. The average molecular weight is 293 g/mol. The summed E-state index contributed by atoms with van der Waals surface area (Å²) in [5.74, 6) is -0.527. The molecule has 0 fully saturated rings. The van der Waals surface area contributed by atoms with Crippen LogP contribution in [0.15, 0.2) is 12.4 Å². The molecule has 0 radical (unpaired) electrons. The van der Waals surface area contributed by atoms with Gasteiger partial charge < -0.3 is 4.74 Å². The number of pyridine rings is 1. The Bertz CT molecular complexity index is 713. The van der Waals surface area contributed by atoms with Crippen LogP contribution in [0.4, 0.5) is 14.2 Å². The monoisotopic (exact) mass is 293 g/mol. The molecule has 0 aliphatic carbocycles. The van der Waals surface area contributed by atoms with Gasteiger partial charge in [0.1, 0.15) is 16.7 Å². The van der Waals surface area contributed by atoms with Crippen molar-refractivity contribution in [3.63, 3.8) is 0 Å². The van der Waals surface area contributed by atoms with E-state index in [0.717, 1.165) is 17.5 Å². The maximum absolute atomic E-state index is 13.6. The first-order valence-corrected chi connectivity index (χ1v) is 6.59. The van der Waals surface area contributed by atoms with E-state index in [0.29, 0.717) is 5.39 Å². The quantitative estimate of drug-likeness (QED) is 0.870. The summed E-state index contributed by atoms with van der Waals surface area (Å²) in [7, 11) is 0. The third-order valence-corrected chi connectivity index (χ3v) is 3.41. The number of thiophene rings is 1. The van der Waals surface area contributed by atoms with Gasteiger partial charge in [0.05, 0.1) is 16.5 Å². The molecule has 20 heavy (non-hydrogen) atoms. The molecule has 0 spiro atoms. The van der Waals surface area contributed by atoms with E-state index in [9.17, 15) is 9.18 Å². The Morgan fingerprint density at radius 3 is 2.80 bits per heavy atom. The number of ether oxygens (including phenoxy) is 1. The van der Waals surface area contributed by atoms with Crippen molar-refractivity contribution in [3.8, 4) is 6.07 Å². The predicted octanol–water partition coefficient (Wildman–Crippen LogP) is 3.65. The first-order chi connectivity index (χ1) is 9.31. The van der Waals surface area contributed by atoms with E-state index in [4.69, 9.17) is 10.00 Å². The van der Waals surface area contributed by atoms with Gasteiger partial charge in [-0.15, -0.1) is 11.3 Å². The lowest BCUT2D eigenvalue weighted by Crippen LogP contribution is -2.27. The van der Waals surface area contributed by atoms with Gasteiger partial charge in [-0.2, -0.15) is 5.26 Å². The standard InChI is InChI=1S/C13H12FN3O2S/c1-13(2,3)19-12(18)17-11-7(4-15)8-5-16-6-9(14)10(8)20-11/h5-6H,1-3H3,(H,17,18). The van der Waals surface area contributed by atoms with Crippen molar-refractivity contribution in [3.05, 3.63) is 23.8 Å². The molecule has 0 bridgehead atoms. The molecule has 2 aromatic rings. The molecular weight excluding hydrogens is 281 g/mol. The topological polar surface area (TPSA) is 75.0 Å². The zero-order valence-corrected chi connectivity index (χ0v) is 12.0. The fourth-order valence-electron chi connectivity index (χ4n) is 1.58. The van der Waals surface area contributed by atoms with Crippen molar-refractivity contribution >= 4 is 32.5 Å². The van der Waals surface area contributed by atoms with Crippen molar-refractivity contribution in [2.45, 2.75) is 26.4 Å². The van der Waals surface area contributed by atoms with Crippen LogP contribution < -0.4 is 5.32 Å². The summed E-state index contributed by atoms with van der Waals surface area (Å²) in [4.78, 5) is 15.4. The summed E-state index contributed by atoms with van der Waals surface area (Å²) >= 11 is 0.980. The van der Waals surface area contributed by atoms with Crippen LogP contribution in [-0.4, -0.2) is 16.7 Å². The second-order valence-electron chi connectivity index (χ2n) is 5.04. The van der Waals surface area contributed by atoms with E-state index in [-0.39, 0.29) is 15.3 Å². The normalized spacial score (nSPS) is 11.2. The number of nitrogens with zero attached hydrogens (tertiary/aromatic N) is 2. The lowest BCUT2D eigenvalue weighted by atomic mass is 10.2. The summed E-state index contributed by atoms with van der Waals surface area (Å²) < 4.78 is 19.0. The number of hydrogen-bond donors (Lipinski definition) is 1. The number of fused-ring (bicyclic) bond motifs is 1. The van der Waals surface area contributed by atoms with Crippen molar-refractivity contribution in [2.75, 3.05) is 5.32 Å². The van der Waals surface area contributed by atoms with E-state index in [1.165, 1.54) is 6.20 Å². The zero-order valence-electron chi connectivity index (χ0n) is 11.2. The first kappa shape index (κ1) is 14.2. The summed E-state index contributed by atoms with van der Waals surface area (Å²) in [5, 5.41) is 12.3. The Hall–Kier alpha value is -2.20. The third kappa shape index (κ3) is 2.86. The van der Waals surface area contributed by atoms with Crippen LogP contribution in [0, 0.1) is 17.1 Å². The van der Waals surface area contributed by atoms with Gasteiger partial charge >= 0.3 is 6.09 Å². The van der Waals surface area contributed by atoms with Gasteiger partial charge in [-0.25, -0.2) is 9.18 Å². The number of hydrogen-bond acceptors (Lipinski definition) is 5. The van der Waals surface area contributed by atoms with Gasteiger partial charge in [-0.1, -0.05) is 0 Å². The number of anilines is 1. The minimum Gasteiger partial charge on any atom is -0.444 e. The van der Waals surface area contributed by atoms with E-state index in [1.54, 1.807) is 20.8 Å². The number of amides is 1. The molecule has 7 heteroatoms. The van der Waals surface area contributed by atoms with Gasteiger partial charge in [0.25, 0.3) is 0 Å². The molecule has 2 aromatic heterocycles. The number of aromatic nitrogens is 1. The maximum atomic E-state index is 13.6. The van der Waals surface area contributed by atoms with Crippen molar-refractivity contribution in [2.24, 2.45) is 0 Å². The van der Waals surface area contributed by atoms with Crippen molar-refractivity contribution in [1.82, 2.24) is 4.98 Å². The Morgan fingerprint density at radius 2 is 2.20 bits per heavy atom. The van der Waals surface area contributed by atoms with Crippen LogP contribution in [0.3, 0.4) is 0 Å². The molecule has 0 aliphatic rings. The maximum Gasteiger partial charge on any atom is 0.412 e. The highest BCUT2D eigenvalue weighted by Gasteiger charge is 2.20. The molecule has 2 heterocycles. The number of nitriles is 1. The van der Waals surface area contributed by atoms with Crippen LogP contribution in [0.5, 0.6) is 0 Å². The van der Waals surface area contributed by atoms with E-state index >= 15 is 0 Å². The van der Waals surface area contributed by atoms with Crippen LogP contribution in [0.2, 0.25) is 0 Å². The molecule has 0 atom stereocenters. The van der Waals surface area contributed by atoms with Crippen LogP contribution in [0.1, 0.15) is 26.3 Å². The van der Waals surface area contributed by atoms with Gasteiger partial charge in [-0.05, 0) is 20.8 Å². The molecule has 2 rings (SSSR count). The molecule has 0 unspecified atom stereocenters. The number of carbonyl (C=O) groups is 1. The lowest BCUT2D eigenvalue weighted by Gasteiger charge is -2.19. The minimum atomic E-state index is -0.686. The fraction of sp³-hybridized carbons (Fsp3) is 0.308. The highest BCUT2D eigenvalue weighted by Crippen LogP contribution is 2.36. The second kappa shape index (κ2) is 5.06. The molecule has 104 valence electrons. The smallest absolute Gasteiger partial charge is 0.412 e. The Morgan fingerprint density at radius 1 is 1.50 bits per heavy atom. The van der Waals surface area contributed by atoms with Gasteiger partial charge in [0.2, 0.25) is 0 Å². The van der Waals surface area contributed by atoms with Gasteiger partial charge in [-0.3, -0.25) is 10.3 Å². The van der Waals surface area contributed by atoms with Crippen LogP contribution in [0.25, 0.3) is 10.1 Å². The van der Waals surface area contributed by atoms with E-state index in [1.807, 2.05) is 6.07 Å². The summed E-state index contributed by atoms with van der Waals surface area (Å²) in [5.41, 5.74) is -0.469. The average Bonchev–Trinajstić information content (AvgIpc) is 2.65. The Labute approximate surface area is 119 Å². The highest BCUT2D eigenvalue weighted by molar-refractivity contribution is 7.23. The zero-order chi connectivity index (χ0) is 14.9. The van der Waals surface area contributed by atoms with Crippen molar-refractivity contribution < 1.29 is 13.9 Å². The number of carbonyl (C=O) groups excluding carboxylic acids is 1. The number of halogens is 1. The SMILES string of the molecule is CC(C)(C)OC(=O)Nc1sc2c(F)cncc2c1C#N. The van der Waals surface area contributed by atoms with Crippen molar-refractivity contribution in [1.29, 1.82) is 5.26 Å². The van der Waals surface area contributed by atoms with Gasteiger partial charge in [0.15, 0.2) is 5.82 Å². The molecule has 0 aromatic carbocycles. The molecule has 1 N–H and O–H groups in total. The Balaban J connectivity index is 2.38. The lowest BCUT2D eigenvalue weighted by molar-refractivity contribution is 0.0636. The molecule has 0 saturated carbocycles. The number of nitrogens with one attached hydrogen (secondary N) is 1. The first-order valence-electron chi connectivity index (χ1n) is 5.78. The summed E-state index contributed by atoms with van der Waals surface area (Å²) in [6.07, 6.45) is 1.78. The Kier molecular flexibility index (Phi) is 3.59. The molecule has 0 aliphatic heterocycles. The summed E-state index contributed by atoms with van der Waals surface area (Å²) in [6.45, 7) is 5.19. The van der Waals surface area contributed by atoms with Crippen LogP contribution in [-0.2, 0) is 4.74 Å². The second-order valence-corrected chi connectivity index (χ2v) is 6.06. The molecule has 5 nitrogen and oxygen atoms in total. The van der Waals surface area contributed by atoms with E-state index < -0.39 is 17.5 Å². The molecule has 0 saturated heterocycles. The number of rotatable bonds is 1.